The molecule has 0 aromatic carbocycles. The molecule has 1 heterocycles. The molecule has 0 saturated heterocycles. The molecule has 6 heteroatoms. The van der Waals surface area contributed by atoms with Crippen molar-refractivity contribution in [1.82, 2.24) is 9.36 Å². The summed E-state index contributed by atoms with van der Waals surface area (Å²) in [6.07, 6.45) is 2.23. The maximum absolute atomic E-state index is 11.7. The normalized spacial score (nSPS) is 15.4. The standard InChI is InChI=1S/C13H21N3O2S/c1-5-18-10(17)8-16(9-6-7-9)12-14-11(15-19-12)13(2,3)4/h9H,5-8H2,1-4H3. The summed E-state index contributed by atoms with van der Waals surface area (Å²) in [5.74, 6) is 0.643. The predicted octanol–water partition coefficient (Wildman–Crippen LogP) is 2.37. The Kier molecular flexibility index (Phi) is 4.08. The Hall–Kier alpha value is -1.17. The lowest BCUT2D eigenvalue weighted by Gasteiger charge is -2.20. The summed E-state index contributed by atoms with van der Waals surface area (Å²) >= 11 is 1.37. The van der Waals surface area contributed by atoms with Crippen molar-refractivity contribution in [2.75, 3.05) is 18.1 Å². The minimum absolute atomic E-state index is 0.0616. The topological polar surface area (TPSA) is 55.3 Å². The monoisotopic (exact) mass is 283 g/mol. The average molecular weight is 283 g/mol. The van der Waals surface area contributed by atoms with Crippen LogP contribution in [0.5, 0.6) is 0 Å². The van der Waals surface area contributed by atoms with Gasteiger partial charge in [-0.3, -0.25) is 4.79 Å². The van der Waals surface area contributed by atoms with E-state index in [0.717, 1.165) is 23.8 Å². The minimum atomic E-state index is -0.193. The largest absolute Gasteiger partial charge is 0.465 e. The van der Waals surface area contributed by atoms with Crippen molar-refractivity contribution in [3.63, 3.8) is 0 Å². The van der Waals surface area contributed by atoms with Crippen molar-refractivity contribution in [3.8, 4) is 0 Å². The van der Waals surface area contributed by atoms with Gasteiger partial charge in [0, 0.05) is 23.0 Å². The van der Waals surface area contributed by atoms with Crippen LogP contribution < -0.4 is 4.90 Å². The first kappa shape index (κ1) is 14.2. The highest BCUT2D eigenvalue weighted by atomic mass is 32.1. The van der Waals surface area contributed by atoms with Crippen LogP contribution in [0.2, 0.25) is 0 Å². The number of rotatable bonds is 5. The van der Waals surface area contributed by atoms with Crippen molar-refractivity contribution in [2.45, 2.75) is 52.0 Å². The molecule has 106 valence electrons. The molecular formula is C13H21N3O2S. The molecule has 1 aliphatic rings. The van der Waals surface area contributed by atoms with Crippen LogP contribution >= 0.6 is 11.5 Å². The van der Waals surface area contributed by atoms with E-state index in [1.54, 1.807) is 0 Å². The van der Waals surface area contributed by atoms with Gasteiger partial charge < -0.3 is 9.64 Å². The van der Waals surface area contributed by atoms with E-state index in [9.17, 15) is 4.79 Å². The molecule has 1 aromatic rings. The number of carbonyl (C=O) groups is 1. The van der Waals surface area contributed by atoms with Gasteiger partial charge in [-0.1, -0.05) is 20.8 Å². The first-order chi connectivity index (χ1) is 8.91. The number of hydrogen-bond acceptors (Lipinski definition) is 6. The molecule has 0 aliphatic heterocycles. The zero-order valence-corrected chi connectivity index (χ0v) is 12.8. The minimum Gasteiger partial charge on any atom is -0.465 e. The number of esters is 1. The van der Waals surface area contributed by atoms with Crippen LogP contribution in [0.25, 0.3) is 0 Å². The second kappa shape index (κ2) is 5.45. The Morgan fingerprint density at radius 2 is 2.16 bits per heavy atom. The van der Waals surface area contributed by atoms with Gasteiger partial charge in [0.15, 0.2) is 0 Å². The summed E-state index contributed by atoms with van der Waals surface area (Å²) < 4.78 is 9.43. The van der Waals surface area contributed by atoms with Gasteiger partial charge in [0.05, 0.1) is 6.61 Å². The van der Waals surface area contributed by atoms with Crippen LogP contribution in [-0.4, -0.2) is 34.5 Å². The smallest absolute Gasteiger partial charge is 0.325 e. The highest BCUT2D eigenvalue weighted by molar-refractivity contribution is 7.09. The second-order valence-electron chi connectivity index (χ2n) is 5.81. The zero-order chi connectivity index (χ0) is 14.0. The van der Waals surface area contributed by atoms with Gasteiger partial charge >= 0.3 is 5.97 Å². The van der Waals surface area contributed by atoms with Crippen LogP contribution in [0.4, 0.5) is 5.13 Å². The van der Waals surface area contributed by atoms with Crippen LogP contribution in [0, 0.1) is 0 Å². The molecule has 1 saturated carbocycles. The van der Waals surface area contributed by atoms with E-state index in [4.69, 9.17) is 4.74 Å². The van der Waals surface area contributed by atoms with Crippen molar-refractivity contribution in [2.24, 2.45) is 0 Å². The lowest BCUT2D eigenvalue weighted by Crippen LogP contribution is -2.33. The van der Waals surface area contributed by atoms with Gasteiger partial charge in [0.1, 0.15) is 12.4 Å². The summed E-state index contributed by atoms with van der Waals surface area (Å²) in [5.41, 5.74) is -0.0616. The molecule has 1 fully saturated rings. The van der Waals surface area contributed by atoms with Crippen molar-refractivity contribution >= 4 is 22.6 Å². The van der Waals surface area contributed by atoms with E-state index >= 15 is 0 Å². The van der Waals surface area contributed by atoms with Crippen LogP contribution in [-0.2, 0) is 14.9 Å². The molecule has 0 bridgehead atoms. The molecule has 0 spiro atoms. The molecule has 0 radical (unpaired) electrons. The molecule has 19 heavy (non-hydrogen) atoms. The number of hydrogen-bond donors (Lipinski definition) is 0. The Labute approximate surface area is 118 Å². The highest BCUT2D eigenvalue weighted by Crippen LogP contribution is 2.34. The van der Waals surface area contributed by atoms with Crippen molar-refractivity contribution in [3.05, 3.63) is 5.82 Å². The fraction of sp³-hybridized carbons (Fsp3) is 0.769. The Morgan fingerprint density at radius 1 is 1.47 bits per heavy atom. The molecule has 1 aromatic heterocycles. The fourth-order valence-corrected chi connectivity index (χ4v) is 2.65. The van der Waals surface area contributed by atoms with Gasteiger partial charge in [-0.25, -0.2) is 4.98 Å². The second-order valence-corrected chi connectivity index (χ2v) is 6.54. The zero-order valence-electron chi connectivity index (χ0n) is 12.0. The number of ether oxygens (including phenoxy) is 1. The quantitative estimate of drug-likeness (QED) is 0.777. The third kappa shape index (κ3) is 3.65. The SMILES string of the molecule is CCOC(=O)CN(c1nc(C(C)(C)C)ns1)C1CC1. The molecule has 2 rings (SSSR count). The molecule has 1 aliphatic carbocycles. The fourth-order valence-electron chi connectivity index (χ4n) is 1.72. The highest BCUT2D eigenvalue weighted by Gasteiger charge is 2.33. The molecule has 0 amide bonds. The number of aromatic nitrogens is 2. The van der Waals surface area contributed by atoms with Gasteiger partial charge in [-0.15, -0.1) is 0 Å². The summed E-state index contributed by atoms with van der Waals surface area (Å²) in [7, 11) is 0. The van der Waals surface area contributed by atoms with Crippen LogP contribution in [0.1, 0.15) is 46.4 Å². The van der Waals surface area contributed by atoms with Gasteiger partial charge in [-0.2, -0.15) is 4.37 Å². The van der Waals surface area contributed by atoms with Crippen LogP contribution in [0.15, 0.2) is 0 Å². The molecule has 0 atom stereocenters. The van der Waals surface area contributed by atoms with E-state index in [1.807, 2.05) is 11.8 Å². The third-order valence-corrected chi connectivity index (χ3v) is 3.68. The lowest BCUT2D eigenvalue weighted by atomic mass is 9.96. The summed E-state index contributed by atoms with van der Waals surface area (Å²) in [6, 6.07) is 0.421. The Bertz CT molecular complexity index is 449. The summed E-state index contributed by atoms with van der Waals surface area (Å²) in [4.78, 5) is 18.3. The third-order valence-electron chi connectivity index (χ3n) is 2.92. The molecule has 0 unspecified atom stereocenters. The number of carbonyl (C=O) groups excluding carboxylic acids is 1. The average Bonchev–Trinajstić information content (AvgIpc) is 3.01. The van der Waals surface area contributed by atoms with Crippen molar-refractivity contribution in [1.29, 1.82) is 0 Å². The number of nitrogens with zero attached hydrogens (tertiary/aromatic N) is 3. The molecular weight excluding hydrogens is 262 g/mol. The van der Waals surface area contributed by atoms with E-state index in [-0.39, 0.29) is 17.9 Å². The number of anilines is 1. The maximum atomic E-state index is 11.7. The molecule has 0 N–H and O–H groups in total. The van der Waals surface area contributed by atoms with Crippen molar-refractivity contribution < 1.29 is 9.53 Å². The lowest BCUT2D eigenvalue weighted by molar-refractivity contribution is -0.141. The summed E-state index contributed by atoms with van der Waals surface area (Å²) in [5, 5.41) is 0.834. The molecule has 5 nitrogen and oxygen atoms in total. The first-order valence-corrected chi connectivity index (χ1v) is 7.45. The van der Waals surface area contributed by atoms with Gasteiger partial charge in [-0.05, 0) is 19.8 Å². The van der Waals surface area contributed by atoms with Gasteiger partial charge in [0.25, 0.3) is 0 Å². The van der Waals surface area contributed by atoms with Gasteiger partial charge in [0.2, 0.25) is 5.13 Å². The van der Waals surface area contributed by atoms with Crippen LogP contribution in [0.3, 0.4) is 0 Å². The Balaban J connectivity index is 2.11. The van der Waals surface area contributed by atoms with E-state index in [2.05, 4.69) is 30.1 Å². The van der Waals surface area contributed by atoms with E-state index < -0.39 is 0 Å². The van der Waals surface area contributed by atoms with E-state index in [1.165, 1.54) is 11.5 Å². The maximum Gasteiger partial charge on any atom is 0.325 e. The van der Waals surface area contributed by atoms with E-state index in [0.29, 0.717) is 12.6 Å². The Morgan fingerprint density at radius 3 is 2.63 bits per heavy atom. The first-order valence-electron chi connectivity index (χ1n) is 6.68. The summed E-state index contributed by atoms with van der Waals surface area (Å²) in [6.45, 7) is 8.78. The predicted molar refractivity (Wildman–Crippen MR) is 75.6 cm³/mol.